The van der Waals surface area contributed by atoms with E-state index in [4.69, 9.17) is 17.0 Å². The van der Waals surface area contributed by atoms with E-state index in [9.17, 15) is 0 Å². The molecule has 0 spiro atoms. The smallest absolute Gasteiger partial charge is 0.173 e. The summed E-state index contributed by atoms with van der Waals surface area (Å²) in [6, 6.07) is 7.94. The van der Waals surface area contributed by atoms with E-state index in [0.29, 0.717) is 6.61 Å². The van der Waals surface area contributed by atoms with Gasteiger partial charge in [0.1, 0.15) is 5.75 Å². The minimum Gasteiger partial charge on any atom is -0.494 e. The van der Waals surface area contributed by atoms with Gasteiger partial charge >= 0.3 is 0 Å². The summed E-state index contributed by atoms with van der Waals surface area (Å²) in [4.78, 5) is 4.74. The SMILES string of the molecule is CCCN1CCN(C(=S)Nc2ccc(OCC)cc2)CC1. The summed E-state index contributed by atoms with van der Waals surface area (Å²) >= 11 is 5.51. The fourth-order valence-electron chi connectivity index (χ4n) is 2.49. The maximum Gasteiger partial charge on any atom is 0.173 e. The average molecular weight is 307 g/mol. The first-order chi connectivity index (χ1) is 10.2. The molecule has 0 atom stereocenters. The molecule has 0 bridgehead atoms. The van der Waals surface area contributed by atoms with Gasteiger partial charge in [0.05, 0.1) is 6.61 Å². The van der Waals surface area contributed by atoms with Crippen molar-refractivity contribution in [2.24, 2.45) is 0 Å². The number of nitrogens with zero attached hydrogens (tertiary/aromatic N) is 2. The topological polar surface area (TPSA) is 27.7 Å². The van der Waals surface area contributed by atoms with E-state index in [-0.39, 0.29) is 0 Å². The molecule has 1 fully saturated rings. The zero-order valence-electron chi connectivity index (χ0n) is 13.0. The molecule has 4 nitrogen and oxygen atoms in total. The van der Waals surface area contributed by atoms with Crippen LogP contribution in [0.25, 0.3) is 0 Å². The third-order valence-electron chi connectivity index (χ3n) is 3.62. The molecule has 0 amide bonds. The van der Waals surface area contributed by atoms with Crippen LogP contribution in [0, 0.1) is 0 Å². The summed E-state index contributed by atoms with van der Waals surface area (Å²) in [5.41, 5.74) is 1.01. The number of benzene rings is 1. The molecule has 1 heterocycles. The Morgan fingerprint density at radius 2 is 1.81 bits per heavy atom. The Morgan fingerprint density at radius 3 is 2.38 bits per heavy atom. The first kappa shape index (κ1) is 16.0. The van der Waals surface area contributed by atoms with E-state index < -0.39 is 0 Å². The van der Waals surface area contributed by atoms with Crippen LogP contribution in [-0.2, 0) is 0 Å². The summed E-state index contributed by atoms with van der Waals surface area (Å²) < 4.78 is 5.44. The second-order valence-corrected chi connectivity index (χ2v) is 5.60. The quantitative estimate of drug-likeness (QED) is 0.845. The van der Waals surface area contributed by atoms with Crippen LogP contribution >= 0.6 is 12.2 Å². The number of ether oxygens (including phenoxy) is 1. The minimum atomic E-state index is 0.688. The number of nitrogens with one attached hydrogen (secondary N) is 1. The Labute approximate surface area is 133 Å². The van der Waals surface area contributed by atoms with Crippen molar-refractivity contribution in [1.29, 1.82) is 0 Å². The van der Waals surface area contributed by atoms with Gasteiger partial charge in [-0.3, -0.25) is 4.90 Å². The maximum absolute atomic E-state index is 5.51. The van der Waals surface area contributed by atoms with Gasteiger partial charge < -0.3 is 15.0 Å². The molecule has 0 aromatic heterocycles. The lowest BCUT2D eigenvalue weighted by molar-refractivity contribution is 0.184. The van der Waals surface area contributed by atoms with Crippen LogP contribution in [0.2, 0.25) is 0 Å². The highest BCUT2D eigenvalue weighted by atomic mass is 32.1. The van der Waals surface area contributed by atoms with Gasteiger partial charge in [-0.2, -0.15) is 0 Å². The Bertz CT molecular complexity index is 441. The molecule has 1 aromatic rings. The molecule has 2 rings (SSSR count). The lowest BCUT2D eigenvalue weighted by Crippen LogP contribution is -2.49. The Balaban J connectivity index is 1.81. The van der Waals surface area contributed by atoms with Crippen molar-refractivity contribution in [3.63, 3.8) is 0 Å². The zero-order chi connectivity index (χ0) is 15.1. The molecule has 116 valence electrons. The summed E-state index contributed by atoms with van der Waals surface area (Å²) in [5.74, 6) is 0.891. The van der Waals surface area contributed by atoms with E-state index in [2.05, 4.69) is 22.0 Å². The van der Waals surface area contributed by atoms with E-state index in [1.807, 2.05) is 31.2 Å². The van der Waals surface area contributed by atoms with Crippen LogP contribution in [0.15, 0.2) is 24.3 Å². The van der Waals surface area contributed by atoms with Crippen molar-refractivity contribution in [2.45, 2.75) is 20.3 Å². The predicted molar refractivity (Wildman–Crippen MR) is 92.1 cm³/mol. The van der Waals surface area contributed by atoms with Crippen LogP contribution in [0.5, 0.6) is 5.75 Å². The summed E-state index contributed by atoms with van der Waals surface area (Å²) in [5, 5.41) is 4.13. The molecule has 1 aromatic carbocycles. The fourth-order valence-corrected chi connectivity index (χ4v) is 2.79. The van der Waals surface area contributed by atoms with Gasteiger partial charge in [-0.05, 0) is 56.4 Å². The van der Waals surface area contributed by atoms with Crippen LogP contribution in [0.3, 0.4) is 0 Å². The van der Waals surface area contributed by atoms with Crippen LogP contribution in [0.4, 0.5) is 5.69 Å². The largest absolute Gasteiger partial charge is 0.494 e. The Morgan fingerprint density at radius 1 is 1.14 bits per heavy atom. The number of piperazine rings is 1. The fraction of sp³-hybridized carbons (Fsp3) is 0.562. The van der Waals surface area contributed by atoms with Gasteiger partial charge in [-0.15, -0.1) is 0 Å². The van der Waals surface area contributed by atoms with Gasteiger partial charge in [0.25, 0.3) is 0 Å². The molecule has 0 aliphatic carbocycles. The van der Waals surface area contributed by atoms with Gasteiger partial charge in [-0.25, -0.2) is 0 Å². The van der Waals surface area contributed by atoms with Gasteiger partial charge in [0.2, 0.25) is 0 Å². The van der Waals surface area contributed by atoms with Crippen molar-refractivity contribution < 1.29 is 4.74 Å². The highest BCUT2D eigenvalue weighted by Gasteiger charge is 2.18. The number of hydrogen-bond acceptors (Lipinski definition) is 3. The first-order valence-corrected chi connectivity index (χ1v) is 8.15. The van der Waals surface area contributed by atoms with Crippen molar-refractivity contribution in [3.8, 4) is 5.75 Å². The number of rotatable bonds is 5. The normalized spacial score (nSPS) is 15.8. The molecular formula is C16H25N3OS. The van der Waals surface area contributed by atoms with E-state index in [1.165, 1.54) is 13.0 Å². The predicted octanol–water partition coefficient (Wildman–Crippen LogP) is 2.81. The Kier molecular flexibility index (Phi) is 6.26. The molecule has 1 saturated heterocycles. The van der Waals surface area contributed by atoms with E-state index in [0.717, 1.165) is 42.7 Å². The van der Waals surface area contributed by atoms with Crippen molar-refractivity contribution in [2.75, 3.05) is 44.6 Å². The molecule has 0 saturated carbocycles. The average Bonchev–Trinajstić information content (AvgIpc) is 2.50. The second kappa shape index (κ2) is 8.20. The minimum absolute atomic E-state index is 0.688. The van der Waals surface area contributed by atoms with Gasteiger partial charge in [-0.1, -0.05) is 6.92 Å². The van der Waals surface area contributed by atoms with E-state index in [1.54, 1.807) is 0 Å². The van der Waals surface area contributed by atoms with Gasteiger partial charge in [0.15, 0.2) is 5.11 Å². The Hall–Kier alpha value is -1.33. The number of thiocarbonyl (C=S) groups is 1. The highest BCUT2D eigenvalue weighted by Crippen LogP contribution is 2.16. The molecule has 0 unspecified atom stereocenters. The summed E-state index contributed by atoms with van der Waals surface area (Å²) in [7, 11) is 0. The molecule has 0 radical (unpaired) electrons. The summed E-state index contributed by atoms with van der Waals surface area (Å²) in [6.07, 6.45) is 1.22. The third kappa shape index (κ3) is 4.86. The van der Waals surface area contributed by atoms with Crippen LogP contribution in [-0.4, -0.2) is 54.2 Å². The van der Waals surface area contributed by atoms with Crippen molar-refractivity contribution in [3.05, 3.63) is 24.3 Å². The van der Waals surface area contributed by atoms with Crippen LogP contribution < -0.4 is 10.1 Å². The van der Waals surface area contributed by atoms with Crippen molar-refractivity contribution in [1.82, 2.24) is 9.80 Å². The van der Waals surface area contributed by atoms with Gasteiger partial charge in [0, 0.05) is 31.9 Å². The highest BCUT2D eigenvalue weighted by molar-refractivity contribution is 7.80. The number of hydrogen-bond donors (Lipinski definition) is 1. The lowest BCUT2D eigenvalue weighted by Gasteiger charge is -2.36. The second-order valence-electron chi connectivity index (χ2n) is 5.22. The molecule has 1 N–H and O–H groups in total. The molecular weight excluding hydrogens is 282 g/mol. The monoisotopic (exact) mass is 307 g/mol. The van der Waals surface area contributed by atoms with Crippen LogP contribution in [0.1, 0.15) is 20.3 Å². The van der Waals surface area contributed by atoms with E-state index >= 15 is 0 Å². The third-order valence-corrected chi connectivity index (χ3v) is 3.98. The summed E-state index contributed by atoms with van der Waals surface area (Å²) in [6.45, 7) is 10.3. The molecule has 1 aliphatic heterocycles. The lowest BCUT2D eigenvalue weighted by atomic mass is 10.3. The molecule has 5 heteroatoms. The first-order valence-electron chi connectivity index (χ1n) is 7.74. The standard InChI is InChI=1S/C16H25N3OS/c1-3-9-18-10-12-19(13-11-18)16(21)17-14-5-7-15(8-6-14)20-4-2/h5-8H,3-4,9-13H2,1-2H3,(H,17,21). The zero-order valence-corrected chi connectivity index (χ0v) is 13.8. The molecule has 1 aliphatic rings. The molecule has 21 heavy (non-hydrogen) atoms. The maximum atomic E-state index is 5.51. The van der Waals surface area contributed by atoms with Crippen molar-refractivity contribution >= 4 is 23.0 Å². The number of anilines is 1.